The Labute approximate surface area is 74.2 Å². The van der Waals surface area contributed by atoms with E-state index in [-0.39, 0.29) is 0 Å². The molecule has 0 amide bonds. The first-order valence-corrected chi connectivity index (χ1v) is 5.16. The largest absolute Gasteiger partial charge is 0.376 e. The Balaban J connectivity index is 1.80. The van der Waals surface area contributed by atoms with Gasteiger partial charge in [0.2, 0.25) is 0 Å². The zero-order valence-electron chi connectivity index (χ0n) is 7.63. The van der Waals surface area contributed by atoms with Crippen LogP contribution in [0, 0.1) is 5.92 Å². The molecule has 0 radical (unpaired) electrons. The summed E-state index contributed by atoms with van der Waals surface area (Å²) in [6.45, 7) is 2.44. The van der Waals surface area contributed by atoms with Crippen molar-refractivity contribution in [2.75, 3.05) is 19.8 Å². The Kier molecular flexibility index (Phi) is 3.01. The molecule has 1 saturated heterocycles. The van der Waals surface area contributed by atoms with E-state index in [1.54, 1.807) is 0 Å². The standard InChI is InChI=1S/C10H18O2/c1-2-4-9(5-3-1)10-8-11-6-7-12-10/h9-10H,1-8H2. The van der Waals surface area contributed by atoms with E-state index < -0.39 is 0 Å². The third-order valence-electron chi connectivity index (χ3n) is 3.02. The summed E-state index contributed by atoms with van der Waals surface area (Å²) < 4.78 is 11.1. The molecule has 1 aliphatic carbocycles. The molecule has 2 heteroatoms. The van der Waals surface area contributed by atoms with Crippen molar-refractivity contribution < 1.29 is 9.47 Å². The molecule has 0 bridgehead atoms. The molecule has 0 N–H and O–H groups in total. The van der Waals surface area contributed by atoms with Gasteiger partial charge >= 0.3 is 0 Å². The lowest BCUT2D eigenvalue weighted by Gasteiger charge is -2.32. The van der Waals surface area contributed by atoms with E-state index >= 15 is 0 Å². The predicted molar refractivity (Wildman–Crippen MR) is 47.1 cm³/mol. The van der Waals surface area contributed by atoms with Gasteiger partial charge in [0, 0.05) is 0 Å². The lowest BCUT2D eigenvalue weighted by molar-refractivity contribution is -0.115. The second-order valence-electron chi connectivity index (χ2n) is 3.88. The maximum atomic E-state index is 5.69. The van der Waals surface area contributed by atoms with Crippen molar-refractivity contribution in [2.45, 2.75) is 38.2 Å². The summed E-state index contributed by atoms with van der Waals surface area (Å²) in [4.78, 5) is 0. The molecule has 70 valence electrons. The van der Waals surface area contributed by atoms with Crippen LogP contribution in [0.3, 0.4) is 0 Å². The van der Waals surface area contributed by atoms with Gasteiger partial charge < -0.3 is 9.47 Å². The molecule has 0 aromatic rings. The Hall–Kier alpha value is -0.0800. The molecule has 1 unspecified atom stereocenters. The van der Waals surface area contributed by atoms with E-state index in [9.17, 15) is 0 Å². The summed E-state index contributed by atoms with van der Waals surface area (Å²) in [6.07, 6.45) is 7.33. The van der Waals surface area contributed by atoms with Crippen LogP contribution in [0.25, 0.3) is 0 Å². The average Bonchev–Trinajstić information content (AvgIpc) is 2.21. The second kappa shape index (κ2) is 4.24. The summed E-state index contributed by atoms with van der Waals surface area (Å²) in [5.74, 6) is 0.791. The molecule has 0 spiro atoms. The van der Waals surface area contributed by atoms with Gasteiger partial charge in [-0.15, -0.1) is 0 Å². The van der Waals surface area contributed by atoms with Gasteiger partial charge in [0.05, 0.1) is 25.9 Å². The van der Waals surface area contributed by atoms with Gasteiger partial charge in [-0.1, -0.05) is 19.3 Å². The third-order valence-corrected chi connectivity index (χ3v) is 3.02. The molecule has 1 aliphatic heterocycles. The van der Waals surface area contributed by atoms with Crippen molar-refractivity contribution in [3.05, 3.63) is 0 Å². The van der Waals surface area contributed by atoms with Gasteiger partial charge in [0.1, 0.15) is 0 Å². The van der Waals surface area contributed by atoms with Crippen LogP contribution in [-0.4, -0.2) is 25.9 Å². The first kappa shape index (κ1) is 8.52. The Morgan fingerprint density at radius 1 is 0.917 bits per heavy atom. The van der Waals surface area contributed by atoms with Crippen LogP contribution in [-0.2, 0) is 9.47 Å². The highest BCUT2D eigenvalue weighted by Gasteiger charge is 2.26. The minimum absolute atomic E-state index is 0.416. The van der Waals surface area contributed by atoms with Gasteiger partial charge in [0.25, 0.3) is 0 Å². The quantitative estimate of drug-likeness (QED) is 0.599. The molecule has 2 fully saturated rings. The zero-order valence-corrected chi connectivity index (χ0v) is 7.63. The molecule has 2 nitrogen and oxygen atoms in total. The fourth-order valence-electron chi connectivity index (χ4n) is 2.28. The molecule has 2 rings (SSSR count). The van der Waals surface area contributed by atoms with Crippen LogP contribution in [0.1, 0.15) is 32.1 Å². The minimum atomic E-state index is 0.416. The molecule has 0 aromatic heterocycles. The summed E-state index contributed by atoms with van der Waals surface area (Å²) in [6, 6.07) is 0. The van der Waals surface area contributed by atoms with Crippen LogP contribution in [0.2, 0.25) is 0 Å². The molecular formula is C10H18O2. The van der Waals surface area contributed by atoms with E-state index in [1.807, 2.05) is 0 Å². The summed E-state index contributed by atoms with van der Waals surface area (Å²) >= 11 is 0. The Morgan fingerprint density at radius 2 is 1.75 bits per heavy atom. The number of hydrogen-bond acceptors (Lipinski definition) is 2. The van der Waals surface area contributed by atoms with Crippen molar-refractivity contribution in [1.29, 1.82) is 0 Å². The molecule has 1 atom stereocenters. The number of rotatable bonds is 1. The van der Waals surface area contributed by atoms with Crippen LogP contribution >= 0.6 is 0 Å². The van der Waals surface area contributed by atoms with Gasteiger partial charge in [0.15, 0.2) is 0 Å². The van der Waals surface area contributed by atoms with Crippen molar-refractivity contribution in [1.82, 2.24) is 0 Å². The van der Waals surface area contributed by atoms with E-state index in [2.05, 4.69) is 0 Å². The molecule has 2 aliphatic rings. The lowest BCUT2D eigenvalue weighted by atomic mass is 9.85. The van der Waals surface area contributed by atoms with Crippen molar-refractivity contribution >= 4 is 0 Å². The summed E-state index contributed by atoms with van der Waals surface area (Å²) in [7, 11) is 0. The van der Waals surface area contributed by atoms with Gasteiger partial charge in [-0.2, -0.15) is 0 Å². The predicted octanol–water partition coefficient (Wildman–Crippen LogP) is 1.98. The van der Waals surface area contributed by atoms with Crippen molar-refractivity contribution in [3.63, 3.8) is 0 Å². The van der Waals surface area contributed by atoms with Crippen LogP contribution in [0.5, 0.6) is 0 Å². The topological polar surface area (TPSA) is 18.5 Å². The minimum Gasteiger partial charge on any atom is -0.376 e. The smallest absolute Gasteiger partial charge is 0.0837 e. The highest BCUT2D eigenvalue weighted by molar-refractivity contribution is 4.75. The molecule has 1 heterocycles. The maximum absolute atomic E-state index is 5.69. The second-order valence-corrected chi connectivity index (χ2v) is 3.88. The maximum Gasteiger partial charge on any atom is 0.0837 e. The van der Waals surface area contributed by atoms with Gasteiger partial charge in [-0.3, -0.25) is 0 Å². The monoisotopic (exact) mass is 170 g/mol. The zero-order chi connectivity index (χ0) is 8.23. The first-order valence-electron chi connectivity index (χ1n) is 5.16. The molecule has 12 heavy (non-hydrogen) atoms. The summed E-state index contributed by atoms with van der Waals surface area (Å²) in [5, 5.41) is 0. The van der Waals surface area contributed by atoms with E-state index in [0.717, 1.165) is 25.7 Å². The highest BCUT2D eigenvalue weighted by Crippen LogP contribution is 2.28. The Morgan fingerprint density at radius 3 is 2.42 bits per heavy atom. The normalized spacial score (nSPS) is 33.5. The van der Waals surface area contributed by atoms with Gasteiger partial charge in [-0.25, -0.2) is 0 Å². The molecule has 0 aromatic carbocycles. The average molecular weight is 170 g/mol. The van der Waals surface area contributed by atoms with E-state index in [4.69, 9.17) is 9.47 Å². The van der Waals surface area contributed by atoms with E-state index in [0.29, 0.717) is 6.10 Å². The highest BCUT2D eigenvalue weighted by atomic mass is 16.6. The van der Waals surface area contributed by atoms with Crippen LogP contribution in [0.15, 0.2) is 0 Å². The fraction of sp³-hybridized carbons (Fsp3) is 1.00. The Bertz CT molecular complexity index is 108. The number of hydrogen-bond donors (Lipinski definition) is 0. The lowest BCUT2D eigenvalue weighted by Crippen LogP contribution is -2.35. The molecular weight excluding hydrogens is 152 g/mol. The number of ether oxygens (including phenoxy) is 2. The third kappa shape index (κ3) is 1.99. The van der Waals surface area contributed by atoms with Crippen molar-refractivity contribution in [2.24, 2.45) is 5.92 Å². The first-order chi connectivity index (χ1) is 5.97. The molecule has 1 saturated carbocycles. The fourth-order valence-corrected chi connectivity index (χ4v) is 2.28. The van der Waals surface area contributed by atoms with Crippen LogP contribution < -0.4 is 0 Å². The van der Waals surface area contributed by atoms with Crippen molar-refractivity contribution in [3.8, 4) is 0 Å². The van der Waals surface area contributed by atoms with Gasteiger partial charge in [-0.05, 0) is 18.8 Å². The summed E-state index contributed by atoms with van der Waals surface area (Å²) in [5.41, 5.74) is 0. The van der Waals surface area contributed by atoms with E-state index in [1.165, 1.54) is 32.1 Å². The SMILES string of the molecule is C1CCC(C2COCCO2)CC1. The van der Waals surface area contributed by atoms with Crippen LogP contribution in [0.4, 0.5) is 0 Å².